The van der Waals surface area contributed by atoms with Gasteiger partial charge in [-0.15, -0.1) is 10.2 Å². The van der Waals surface area contributed by atoms with Crippen LogP contribution in [0.1, 0.15) is 5.56 Å². The van der Waals surface area contributed by atoms with E-state index in [9.17, 15) is 5.11 Å². The Morgan fingerprint density at radius 3 is 2.44 bits per heavy atom. The van der Waals surface area contributed by atoms with Crippen molar-refractivity contribution < 1.29 is 5.11 Å². The molecule has 2 aromatic carbocycles. The van der Waals surface area contributed by atoms with Gasteiger partial charge in [-0.1, -0.05) is 48.0 Å². The number of aryl methyl sites for hydroxylation is 1. The highest BCUT2D eigenvalue weighted by Gasteiger charge is 2.13. The topological polar surface area (TPSA) is 62.2 Å². The van der Waals surface area contributed by atoms with E-state index >= 15 is 0 Å². The maximum atomic E-state index is 9.89. The Balaban J connectivity index is 1.88. The second-order valence-corrected chi connectivity index (χ2v) is 5.77. The van der Waals surface area contributed by atoms with E-state index in [0.29, 0.717) is 11.5 Å². The lowest BCUT2D eigenvalue weighted by molar-refractivity contribution is 0.476. The number of imidazole rings is 1. The van der Waals surface area contributed by atoms with Gasteiger partial charge in [0.05, 0.1) is 0 Å². The van der Waals surface area contributed by atoms with Crippen LogP contribution in [-0.2, 0) is 0 Å². The Labute approximate surface area is 144 Å². The van der Waals surface area contributed by atoms with Gasteiger partial charge in [0.2, 0.25) is 0 Å². The predicted molar refractivity (Wildman–Crippen MR) is 97.6 cm³/mol. The normalized spacial score (nSPS) is 11.4. The van der Waals surface area contributed by atoms with E-state index in [0.717, 1.165) is 16.9 Å². The Morgan fingerprint density at radius 2 is 1.64 bits per heavy atom. The summed E-state index contributed by atoms with van der Waals surface area (Å²) in [6.07, 6.45) is 1.90. The fourth-order valence-corrected chi connectivity index (χ4v) is 2.63. The molecule has 122 valence electrons. The number of hydrogen-bond donors (Lipinski definition) is 1. The van der Waals surface area contributed by atoms with Crippen LogP contribution in [-0.4, -0.2) is 14.5 Å². The van der Waals surface area contributed by atoms with Gasteiger partial charge >= 0.3 is 0 Å². The van der Waals surface area contributed by atoms with E-state index in [4.69, 9.17) is 4.98 Å². The molecule has 0 fully saturated rings. The first kappa shape index (κ1) is 15.1. The maximum Gasteiger partial charge on any atom is 0.187 e. The summed E-state index contributed by atoms with van der Waals surface area (Å²) in [5.74, 6) is 0.722. The lowest BCUT2D eigenvalue weighted by atomic mass is 10.1. The molecule has 5 heteroatoms. The molecule has 0 aliphatic carbocycles. The minimum atomic E-state index is 0.0944. The molecule has 4 aromatic rings. The van der Waals surface area contributed by atoms with Crippen molar-refractivity contribution >= 4 is 17.2 Å². The number of para-hydroxylation sites is 1. The standard InChI is InChI=1S/C20H16N4O/c1-14-9-11-15(12-10-14)19-20(24-13-5-4-8-18(24)21-19)23-22-16-6-2-3-7-17(16)25/h2-13,25H,1H3. The zero-order chi connectivity index (χ0) is 17.2. The van der Waals surface area contributed by atoms with Crippen molar-refractivity contribution in [3.8, 4) is 17.0 Å². The van der Waals surface area contributed by atoms with Crippen LogP contribution < -0.4 is 0 Å². The van der Waals surface area contributed by atoms with Crippen LogP contribution in [0.4, 0.5) is 11.5 Å². The molecule has 0 radical (unpaired) electrons. The van der Waals surface area contributed by atoms with Gasteiger partial charge in [-0.2, -0.15) is 0 Å². The van der Waals surface area contributed by atoms with E-state index in [2.05, 4.69) is 10.2 Å². The van der Waals surface area contributed by atoms with Crippen LogP contribution in [0, 0.1) is 6.92 Å². The molecule has 0 saturated carbocycles. The number of phenols is 1. The van der Waals surface area contributed by atoms with E-state index < -0.39 is 0 Å². The van der Waals surface area contributed by atoms with Gasteiger partial charge in [0, 0.05) is 11.8 Å². The number of phenolic OH excluding ortho intramolecular Hbond substituents is 1. The fraction of sp³-hybridized carbons (Fsp3) is 0.0500. The number of benzene rings is 2. The number of aromatic hydroxyl groups is 1. The van der Waals surface area contributed by atoms with Crippen molar-refractivity contribution in [3.05, 3.63) is 78.5 Å². The van der Waals surface area contributed by atoms with Crippen LogP contribution in [0.2, 0.25) is 0 Å². The SMILES string of the molecule is Cc1ccc(-c2nc3ccccn3c2N=Nc2ccccc2O)cc1. The molecule has 0 atom stereocenters. The van der Waals surface area contributed by atoms with Crippen LogP contribution in [0.15, 0.2) is 83.2 Å². The summed E-state index contributed by atoms with van der Waals surface area (Å²) in [6, 6.07) is 20.8. The zero-order valence-corrected chi connectivity index (χ0v) is 13.7. The second kappa shape index (κ2) is 6.20. The van der Waals surface area contributed by atoms with Crippen LogP contribution >= 0.6 is 0 Å². The summed E-state index contributed by atoms with van der Waals surface area (Å²) in [7, 11) is 0. The maximum absolute atomic E-state index is 9.89. The predicted octanol–water partition coefficient (Wildman–Crippen LogP) is 5.43. The third kappa shape index (κ3) is 2.87. The van der Waals surface area contributed by atoms with Gasteiger partial charge in [-0.25, -0.2) is 4.98 Å². The molecule has 25 heavy (non-hydrogen) atoms. The summed E-state index contributed by atoms with van der Waals surface area (Å²) in [5.41, 5.74) is 4.13. The first-order chi connectivity index (χ1) is 12.2. The number of nitrogens with zero attached hydrogens (tertiary/aromatic N) is 4. The van der Waals surface area contributed by atoms with Crippen molar-refractivity contribution in [2.24, 2.45) is 10.2 Å². The highest BCUT2D eigenvalue weighted by atomic mass is 16.3. The van der Waals surface area contributed by atoms with Gasteiger partial charge in [-0.3, -0.25) is 4.40 Å². The largest absolute Gasteiger partial charge is 0.506 e. The zero-order valence-electron chi connectivity index (χ0n) is 13.7. The monoisotopic (exact) mass is 328 g/mol. The van der Waals surface area contributed by atoms with Crippen molar-refractivity contribution in [1.82, 2.24) is 9.38 Å². The Bertz CT molecular complexity index is 1060. The molecule has 0 aliphatic heterocycles. The van der Waals surface area contributed by atoms with Crippen molar-refractivity contribution in [2.75, 3.05) is 0 Å². The molecule has 4 rings (SSSR count). The quantitative estimate of drug-likeness (QED) is 0.510. The molecular weight excluding hydrogens is 312 g/mol. The molecule has 0 aliphatic rings. The van der Waals surface area contributed by atoms with E-state index in [1.54, 1.807) is 18.2 Å². The average Bonchev–Trinajstić information content (AvgIpc) is 3.00. The van der Waals surface area contributed by atoms with Gasteiger partial charge in [-0.05, 0) is 31.2 Å². The third-order valence-corrected chi connectivity index (χ3v) is 3.96. The molecule has 0 bridgehead atoms. The second-order valence-electron chi connectivity index (χ2n) is 5.77. The van der Waals surface area contributed by atoms with E-state index in [1.165, 1.54) is 5.56 Å². The molecular formula is C20H16N4O. The molecule has 0 saturated heterocycles. The van der Waals surface area contributed by atoms with Crippen molar-refractivity contribution in [3.63, 3.8) is 0 Å². The van der Waals surface area contributed by atoms with Crippen molar-refractivity contribution in [2.45, 2.75) is 6.92 Å². The van der Waals surface area contributed by atoms with Gasteiger partial charge in [0.25, 0.3) is 0 Å². The minimum Gasteiger partial charge on any atom is -0.506 e. The first-order valence-electron chi connectivity index (χ1n) is 7.96. The number of azo groups is 1. The Hall–Kier alpha value is -3.47. The molecule has 1 N–H and O–H groups in total. The summed E-state index contributed by atoms with van der Waals surface area (Å²) in [6.45, 7) is 2.05. The van der Waals surface area contributed by atoms with Gasteiger partial charge in [0.15, 0.2) is 5.82 Å². The van der Waals surface area contributed by atoms with E-state index in [1.807, 2.05) is 66.1 Å². The number of rotatable bonds is 3. The number of hydrogen-bond acceptors (Lipinski definition) is 4. The molecule has 5 nitrogen and oxygen atoms in total. The molecule has 0 unspecified atom stereocenters. The number of aromatic nitrogens is 2. The van der Waals surface area contributed by atoms with Gasteiger partial charge < -0.3 is 5.11 Å². The Morgan fingerprint density at radius 1 is 0.880 bits per heavy atom. The summed E-state index contributed by atoms with van der Waals surface area (Å²) >= 11 is 0. The Kier molecular flexibility index (Phi) is 3.74. The average molecular weight is 328 g/mol. The van der Waals surface area contributed by atoms with Gasteiger partial charge in [0.1, 0.15) is 22.8 Å². The summed E-state index contributed by atoms with van der Waals surface area (Å²) in [5, 5.41) is 18.5. The van der Waals surface area contributed by atoms with Crippen LogP contribution in [0.3, 0.4) is 0 Å². The smallest absolute Gasteiger partial charge is 0.187 e. The van der Waals surface area contributed by atoms with Crippen LogP contribution in [0.25, 0.3) is 16.9 Å². The molecule has 2 aromatic heterocycles. The highest BCUT2D eigenvalue weighted by molar-refractivity contribution is 5.74. The van der Waals surface area contributed by atoms with Crippen LogP contribution in [0.5, 0.6) is 5.75 Å². The fourth-order valence-electron chi connectivity index (χ4n) is 2.63. The highest BCUT2D eigenvalue weighted by Crippen LogP contribution is 2.33. The molecule has 0 amide bonds. The lowest BCUT2D eigenvalue weighted by Gasteiger charge is -2.01. The number of pyridine rings is 1. The molecule has 0 spiro atoms. The van der Waals surface area contributed by atoms with Crippen molar-refractivity contribution in [1.29, 1.82) is 0 Å². The van der Waals surface area contributed by atoms with E-state index in [-0.39, 0.29) is 5.75 Å². The summed E-state index contributed by atoms with van der Waals surface area (Å²) in [4.78, 5) is 4.69. The first-order valence-corrected chi connectivity index (χ1v) is 7.96. The minimum absolute atomic E-state index is 0.0944. The lowest BCUT2D eigenvalue weighted by Crippen LogP contribution is -1.82. The third-order valence-electron chi connectivity index (χ3n) is 3.96. The summed E-state index contributed by atoms with van der Waals surface area (Å²) < 4.78 is 1.89. The number of fused-ring (bicyclic) bond motifs is 1. The molecule has 2 heterocycles.